The van der Waals surface area contributed by atoms with Crippen molar-refractivity contribution in [3.8, 4) is 0 Å². The zero-order chi connectivity index (χ0) is 13.5. The first-order valence-electron chi connectivity index (χ1n) is 5.62. The third-order valence-corrected chi connectivity index (χ3v) is 3.20. The lowest BCUT2D eigenvalue weighted by Crippen LogP contribution is -2.42. The lowest BCUT2D eigenvalue weighted by Gasteiger charge is -2.26. The van der Waals surface area contributed by atoms with E-state index in [2.05, 4.69) is 9.97 Å². The van der Waals surface area contributed by atoms with Crippen LogP contribution in [0.4, 0.5) is 0 Å². The van der Waals surface area contributed by atoms with Crippen LogP contribution < -0.4 is 5.73 Å². The third kappa shape index (κ3) is 1.84. The molecule has 0 aromatic carbocycles. The van der Waals surface area contributed by atoms with E-state index in [1.165, 1.54) is 0 Å². The molecule has 0 aliphatic carbocycles. The fourth-order valence-electron chi connectivity index (χ4n) is 1.92. The number of carbonyl (C=O) groups excluding carboxylic acids is 1. The van der Waals surface area contributed by atoms with Crippen molar-refractivity contribution in [2.75, 3.05) is 0 Å². The predicted molar refractivity (Wildman–Crippen MR) is 70.3 cm³/mol. The summed E-state index contributed by atoms with van der Waals surface area (Å²) in [7, 11) is 0. The van der Waals surface area contributed by atoms with Crippen LogP contribution in [0.25, 0.3) is 11.0 Å². The number of aromatic nitrogens is 3. The van der Waals surface area contributed by atoms with Crippen molar-refractivity contribution in [3.05, 3.63) is 24.3 Å². The number of amides is 1. The summed E-state index contributed by atoms with van der Waals surface area (Å²) >= 11 is 6.13. The van der Waals surface area contributed by atoms with Crippen molar-refractivity contribution in [1.29, 1.82) is 0 Å². The second kappa shape index (κ2) is 4.24. The fourth-order valence-corrected chi connectivity index (χ4v) is 2.06. The van der Waals surface area contributed by atoms with Gasteiger partial charge in [0.25, 0.3) is 0 Å². The molecule has 2 N–H and O–H groups in total. The Labute approximate surface area is 110 Å². The molecule has 0 saturated carbocycles. The maximum Gasteiger partial charge on any atom is 0.243 e. The molecule has 0 radical (unpaired) electrons. The van der Waals surface area contributed by atoms with Crippen molar-refractivity contribution in [3.63, 3.8) is 0 Å². The van der Waals surface area contributed by atoms with Gasteiger partial charge in [-0.1, -0.05) is 0 Å². The summed E-state index contributed by atoms with van der Waals surface area (Å²) in [4.78, 5) is 20.1. The zero-order valence-electron chi connectivity index (χ0n) is 10.5. The van der Waals surface area contributed by atoms with Crippen molar-refractivity contribution in [2.45, 2.75) is 31.7 Å². The smallest absolute Gasteiger partial charge is 0.243 e. The van der Waals surface area contributed by atoms with E-state index in [0.717, 1.165) is 5.52 Å². The van der Waals surface area contributed by atoms with Gasteiger partial charge in [0.1, 0.15) is 16.9 Å². The molecule has 1 unspecified atom stereocenters. The first kappa shape index (κ1) is 12.8. The Hall–Kier alpha value is -1.62. The molecule has 2 rings (SSSR count). The number of imidazole rings is 1. The molecule has 2 aromatic heterocycles. The molecule has 0 saturated heterocycles. The van der Waals surface area contributed by atoms with E-state index in [1.54, 1.807) is 36.9 Å². The van der Waals surface area contributed by atoms with Gasteiger partial charge in [-0.2, -0.15) is 0 Å². The number of pyridine rings is 1. The van der Waals surface area contributed by atoms with Gasteiger partial charge in [0.15, 0.2) is 0 Å². The highest BCUT2D eigenvalue weighted by Crippen LogP contribution is 2.30. The van der Waals surface area contributed by atoms with Gasteiger partial charge in [0.2, 0.25) is 5.91 Å². The highest BCUT2D eigenvalue weighted by molar-refractivity contribution is 6.20. The van der Waals surface area contributed by atoms with Crippen LogP contribution in [0.15, 0.2) is 18.5 Å². The van der Waals surface area contributed by atoms with E-state index >= 15 is 0 Å². The molecule has 0 aliphatic heterocycles. The van der Waals surface area contributed by atoms with Crippen LogP contribution in [0.3, 0.4) is 0 Å². The van der Waals surface area contributed by atoms with Crippen molar-refractivity contribution in [1.82, 2.24) is 14.5 Å². The van der Waals surface area contributed by atoms with Crippen LogP contribution in [0.5, 0.6) is 0 Å². The quantitative estimate of drug-likeness (QED) is 0.863. The van der Waals surface area contributed by atoms with E-state index in [4.69, 9.17) is 17.3 Å². The molecule has 6 heteroatoms. The van der Waals surface area contributed by atoms with Gasteiger partial charge in [0, 0.05) is 6.20 Å². The van der Waals surface area contributed by atoms with Gasteiger partial charge < -0.3 is 10.3 Å². The number of hydrogen-bond acceptors (Lipinski definition) is 3. The van der Waals surface area contributed by atoms with Crippen molar-refractivity contribution >= 4 is 28.5 Å². The van der Waals surface area contributed by atoms with Gasteiger partial charge in [-0.15, -0.1) is 11.6 Å². The van der Waals surface area contributed by atoms with Gasteiger partial charge in [-0.25, -0.2) is 4.98 Å². The number of nitrogens with zero attached hydrogens (tertiary/aromatic N) is 3. The molecule has 2 aromatic rings. The van der Waals surface area contributed by atoms with Crippen molar-refractivity contribution < 1.29 is 4.79 Å². The number of primary amides is 1. The van der Waals surface area contributed by atoms with Crippen LogP contribution in [0.2, 0.25) is 0 Å². The van der Waals surface area contributed by atoms with Gasteiger partial charge >= 0.3 is 0 Å². The molecule has 1 amide bonds. The van der Waals surface area contributed by atoms with E-state index < -0.39 is 11.4 Å². The second-order valence-electron chi connectivity index (χ2n) is 4.71. The molecule has 0 fully saturated rings. The number of halogens is 1. The molecular formula is C12H15ClN4O. The highest BCUT2D eigenvalue weighted by atomic mass is 35.5. The molecule has 5 nitrogen and oxygen atoms in total. The van der Waals surface area contributed by atoms with Crippen molar-refractivity contribution in [2.24, 2.45) is 5.73 Å². The number of rotatable bonds is 3. The number of hydrogen-bond donors (Lipinski definition) is 1. The maximum absolute atomic E-state index is 11.7. The van der Waals surface area contributed by atoms with Crippen LogP contribution in [-0.4, -0.2) is 20.4 Å². The van der Waals surface area contributed by atoms with E-state index in [0.29, 0.717) is 11.3 Å². The van der Waals surface area contributed by atoms with E-state index in [-0.39, 0.29) is 5.38 Å². The Balaban J connectivity index is 2.81. The summed E-state index contributed by atoms with van der Waals surface area (Å²) in [6, 6.07) is 1.80. The summed E-state index contributed by atoms with van der Waals surface area (Å²) in [6.07, 6.45) is 3.30. The first-order valence-corrected chi connectivity index (χ1v) is 6.06. The summed E-state index contributed by atoms with van der Waals surface area (Å²) in [5.41, 5.74) is 6.09. The third-order valence-electron chi connectivity index (χ3n) is 3.00. The molecule has 1 atom stereocenters. The standard InChI is InChI=1S/C12H15ClN4O/c1-7(13)10-16-8-6-15-5-4-9(8)17(10)12(2,3)11(14)18/h4-7H,1-3H3,(H2,14,18). The molecule has 18 heavy (non-hydrogen) atoms. The lowest BCUT2D eigenvalue weighted by atomic mass is 10.0. The van der Waals surface area contributed by atoms with E-state index in [1.807, 2.05) is 6.92 Å². The second-order valence-corrected chi connectivity index (χ2v) is 5.36. The van der Waals surface area contributed by atoms with E-state index in [9.17, 15) is 4.79 Å². The number of carbonyl (C=O) groups is 1. The predicted octanol–water partition coefficient (Wildman–Crippen LogP) is 1.95. The molecule has 0 spiro atoms. The van der Waals surface area contributed by atoms with Crippen LogP contribution >= 0.6 is 11.6 Å². The minimum atomic E-state index is -0.894. The zero-order valence-corrected chi connectivity index (χ0v) is 11.3. The summed E-state index contributed by atoms with van der Waals surface area (Å²) < 4.78 is 1.78. The Kier molecular flexibility index (Phi) is 3.02. The summed E-state index contributed by atoms with van der Waals surface area (Å²) in [6.45, 7) is 5.31. The topological polar surface area (TPSA) is 73.8 Å². The Bertz CT molecular complexity index is 603. The molecule has 0 bridgehead atoms. The van der Waals surface area contributed by atoms with Gasteiger partial charge in [0.05, 0.1) is 17.1 Å². The monoisotopic (exact) mass is 266 g/mol. The minimum absolute atomic E-state index is 0.323. The maximum atomic E-state index is 11.7. The Morgan fingerprint density at radius 2 is 2.22 bits per heavy atom. The van der Waals surface area contributed by atoms with Crippen LogP contribution in [0.1, 0.15) is 32.0 Å². The highest BCUT2D eigenvalue weighted by Gasteiger charge is 2.32. The number of fused-ring (bicyclic) bond motifs is 1. The Morgan fingerprint density at radius 3 is 2.78 bits per heavy atom. The molecule has 96 valence electrons. The first-order chi connectivity index (χ1) is 8.35. The Morgan fingerprint density at radius 1 is 1.56 bits per heavy atom. The van der Waals surface area contributed by atoms with Gasteiger partial charge in [-0.05, 0) is 26.8 Å². The normalized spacial score (nSPS) is 13.8. The SMILES string of the molecule is CC(Cl)c1nc2cnccc2n1C(C)(C)C(N)=O. The largest absolute Gasteiger partial charge is 0.368 e. The minimum Gasteiger partial charge on any atom is -0.368 e. The average molecular weight is 267 g/mol. The fraction of sp³-hybridized carbons (Fsp3) is 0.417. The summed E-state index contributed by atoms with van der Waals surface area (Å²) in [5, 5.41) is -0.323. The van der Waals surface area contributed by atoms with Crippen LogP contribution in [0, 0.1) is 0 Å². The number of nitrogens with two attached hydrogens (primary N) is 1. The summed E-state index contributed by atoms with van der Waals surface area (Å²) in [5.74, 6) is 0.181. The lowest BCUT2D eigenvalue weighted by molar-refractivity contribution is -0.125. The molecule has 0 aliphatic rings. The van der Waals surface area contributed by atoms with Crippen LogP contribution in [-0.2, 0) is 10.3 Å². The molecular weight excluding hydrogens is 252 g/mol. The van der Waals surface area contributed by atoms with Gasteiger partial charge in [-0.3, -0.25) is 9.78 Å². The molecule has 2 heterocycles. The average Bonchev–Trinajstić information content (AvgIpc) is 2.68. The number of alkyl halides is 1.